The number of rotatable bonds is 6. The Morgan fingerprint density at radius 1 is 1.30 bits per heavy atom. The van der Waals surface area contributed by atoms with Crippen LogP contribution in [0, 0.1) is 0 Å². The lowest BCUT2D eigenvalue weighted by Crippen LogP contribution is -2.32. The van der Waals surface area contributed by atoms with Gasteiger partial charge in [-0.3, -0.25) is 4.79 Å². The highest BCUT2D eigenvalue weighted by atomic mass is 32.2. The van der Waals surface area contributed by atoms with Gasteiger partial charge in [-0.25, -0.2) is 13.4 Å². The van der Waals surface area contributed by atoms with E-state index in [4.69, 9.17) is 0 Å². The van der Waals surface area contributed by atoms with E-state index in [0.29, 0.717) is 16.5 Å². The number of anilines is 2. The van der Waals surface area contributed by atoms with Gasteiger partial charge in [-0.2, -0.15) is 0 Å². The summed E-state index contributed by atoms with van der Waals surface area (Å²) in [5.41, 5.74) is 1.08. The minimum atomic E-state index is -3.21. The Morgan fingerprint density at radius 2 is 1.96 bits per heavy atom. The van der Waals surface area contributed by atoms with E-state index in [1.807, 2.05) is 13.8 Å². The summed E-state index contributed by atoms with van der Waals surface area (Å²) in [4.78, 5) is 16.5. The van der Waals surface area contributed by atoms with E-state index in [9.17, 15) is 13.2 Å². The number of nitrogens with zero attached hydrogens (tertiary/aromatic N) is 1. The lowest BCUT2D eigenvalue weighted by molar-refractivity contribution is 0.0935. The van der Waals surface area contributed by atoms with E-state index in [0.717, 1.165) is 6.42 Å². The van der Waals surface area contributed by atoms with Gasteiger partial charge in [0.2, 0.25) is 0 Å². The highest BCUT2D eigenvalue weighted by molar-refractivity contribution is 7.90. The highest BCUT2D eigenvalue weighted by Gasteiger charge is 2.13. The van der Waals surface area contributed by atoms with Crippen molar-refractivity contribution in [1.29, 1.82) is 0 Å². The molecule has 0 bridgehead atoms. The molecule has 124 valence electrons. The van der Waals surface area contributed by atoms with Crippen molar-refractivity contribution in [1.82, 2.24) is 10.3 Å². The second kappa shape index (κ2) is 7.10. The Balaban J connectivity index is 2.06. The van der Waals surface area contributed by atoms with Crippen LogP contribution >= 0.6 is 11.3 Å². The minimum absolute atomic E-state index is 0.101. The zero-order valence-corrected chi connectivity index (χ0v) is 14.8. The molecule has 0 aliphatic carbocycles. The Bertz CT molecular complexity index is 783. The predicted molar refractivity (Wildman–Crippen MR) is 92.2 cm³/mol. The average molecular weight is 353 g/mol. The van der Waals surface area contributed by atoms with Gasteiger partial charge in [0.1, 0.15) is 5.69 Å². The summed E-state index contributed by atoms with van der Waals surface area (Å²) in [5, 5.41) is 8.18. The summed E-state index contributed by atoms with van der Waals surface area (Å²) in [6, 6.07) is 6.49. The first-order valence-corrected chi connectivity index (χ1v) is 9.90. The van der Waals surface area contributed by atoms with Crippen LogP contribution in [0.3, 0.4) is 0 Å². The van der Waals surface area contributed by atoms with E-state index in [-0.39, 0.29) is 16.8 Å². The maximum atomic E-state index is 12.0. The fraction of sp³-hybridized carbons (Fsp3) is 0.333. The number of hydrogen-bond acceptors (Lipinski definition) is 6. The van der Waals surface area contributed by atoms with Gasteiger partial charge >= 0.3 is 0 Å². The molecule has 0 saturated carbocycles. The summed E-state index contributed by atoms with van der Waals surface area (Å²) in [7, 11) is -3.21. The molecule has 2 aromatic rings. The third kappa shape index (κ3) is 4.77. The maximum Gasteiger partial charge on any atom is 0.271 e. The van der Waals surface area contributed by atoms with Crippen molar-refractivity contribution in [2.75, 3.05) is 11.6 Å². The smallest absolute Gasteiger partial charge is 0.271 e. The van der Waals surface area contributed by atoms with E-state index in [1.165, 1.54) is 29.7 Å². The van der Waals surface area contributed by atoms with E-state index >= 15 is 0 Å². The SMILES string of the molecule is CC[C@H](C)NC(=O)c1csc(Nc2ccc(S(C)(=O)=O)cc2)n1. The Labute approximate surface area is 139 Å². The predicted octanol–water partition coefficient (Wildman–Crippen LogP) is 2.82. The molecule has 8 heteroatoms. The monoisotopic (exact) mass is 353 g/mol. The molecule has 0 spiro atoms. The maximum absolute atomic E-state index is 12.0. The Hall–Kier alpha value is -1.93. The molecule has 1 heterocycles. The number of aromatic nitrogens is 1. The molecule has 2 rings (SSSR count). The van der Waals surface area contributed by atoms with Crippen LogP contribution in [0.15, 0.2) is 34.5 Å². The molecule has 1 atom stereocenters. The number of sulfone groups is 1. The summed E-state index contributed by atoms with van der Waals surface area (Å²) in [5.74, 6) is -0.198. The molecule has 1 aromatic heterocycles. The zero-order chi connectivity index (χ0) is 17.0. The summed E-state index contributed by atoms with van der Waals surface area (Å²) in [6.45, 7) is 3.94. The van der Waals surface area contributed by atoms with Crippen molar-refractivity contribution >= 4 is 37.9 Å². The van der Waals surface area contributed by atoms with Gasteiger partial charge in [0.05, 0.1) is 4.90 Å². The second-order valence-electron chi connectivity index (χ2n) is 5.24. The van der Waals surface area contributed by atoms with E-state index < -0.39 is 9.84 Å². The standard InChI is InChI=1S/C15H19N3O3S2/c1-4-10(2)16-14(19)13-9-22-15(18-13)17-11-5-7-12(8-6-11)23(3,20)21/h5-10H,4H2,1-3H3,(H,16,19)(H,17,18)/t10-/m0/s1. The molecular weight excluding hydrogens is 334 g/mol. The van der Waals surface area contributed by atoms with Crippen molar-refractivity contribution in [3.05, 3.63) is 35.3 Å². The van der Waals surface area contributed by atoms with Crippen molar-refractivity contribution in [3.8, 4) is 0 Å². The molecule has 2 N–H and O–H groups in total. The lowest BCUT2D eigenvalue weighted by Gasteiger charge is -2.09. The van der Waals surface area contributed by atoms with Crippen LogP contribution in [-0.4, -0.2) is 31.6 Å². The van der Waals surface area contributed by atoms with Gasteiger partial charge in [0, 0.05) is 23.4 Å². The van der Waals surface area contributed by atoms with Crippen LogP contribution in [-0.2, 0) is 9.84 Å². The molecular formula is C15H19N3O3S2. The fourth-order valence-corrected chi connectivity index (χ4v) is 3.09. The van der Waals surface area contributed by atoms with Crippen LogP contribution < -0.4 is 10.6 Å². The normalized spacial score (nSPS) is 12.7. The van der Waals surface area contributed by atoms with Gasteiger partial charge in [-0.05, 0) is 37.6 Å². The van der Waals surface area contributed by atoms with Crippen LogP contribution in [0.2, 0.25) is 0 Å². The zero-order valence-electron chi connectivity index (χ0n) is 13.2. The Morgan fingerprint density at radius 3 is 2.52 bits per heavy atom. The summed E-state index contributed by atoms with van der Waals surface area (Å²) in [6.07, 6.45) is 2.02. The number of thiazole rings is 1. The molecule has 0 aliphatic heterocycles. The van der Waals surface area contributed by atoms with Gasteiger partial charge in [-0.1, -0.05) is 6.92 Å². The molecule has 0 saturated heterocycles. The quantitative estimate of drug-likeness (QED) is 0.834. The molecule has 6 nitrogen and oxygen atoms in total. The molecule has 1 amide bonds. The van der Waals surface area contributed by atoms with Crippen LogP contribution in [0.4, 0.5) is 10.8 Å². The third-order valence-electron chi connectivity index (χ3n) is 3.26. The van der Waals surface area contributed by atoms with Crippen LogP contribution in [0.5, 0.6) is 0 Å². The summed E-state index contributed by atoms with van der Waals surface area (Å²) >= 11 is 1.32. The van der Waals surface area contributed by atoms with Crippen molar-refractivity contribution in [3.63, 3.8) is 0 Å². The van der Waals surface area contributed by atoms with Gasteiger partial charge in [0.25, 0.3) is 5.91 Å². The molecule has 0 fully saturated rings. The van der Waals surface area contributed by atoms with Gasteiger partial charge in [-0.15, -0.1) is 11.3 Å². The first-order valence-electron chi connectivity index (χ1n) is 7.13. The van der Waals surface area contributed by atoms with Crippen molar-refractivity contribution < 1.29 is 13.2 Å². The number of benzene rings is 1. The molecule has 0 radical (unpaired) electrons. The number of nitrogens with one attached hydrogen (secondary N) is 2. The Kier molecular flexibility index (Phi) is 5.38. The number of carbonyl (C=O) groups excluding carboxylic acids is 1. The average Bonchev–Trinajstić information content (AvgIpc) is 2.95. The van der Waals surface area contributed by atoms with Gasteiger partial charge < -0.3 is 10.6 Å². The first kappa shape index (κ1) is 17.4. The third-order valence-corrected chi connectivity index (χ3v) is 5.15. The molecule has 0 unspecified atom stereocenters. The van der Waals surface area contributed by atoms with Crippen LogP contribution in [0.1, 0.15) is 30.8 Å². The lowest BCUT2D eigenvalue weighted by atomic mass is 10.2. The van der Waals surface area contributed by atoms with Crippen molar-refractivity contribution in [2.24, 2.45) is 0 Å². The van der Waals surface area contributed by atoms with Gasteiger partial charge in [0.15, 0.2) is 15.0 Å². The topological polar surface area (TPSA) is 88.2 Å². The van der Waals surface area contributed by atoms with Crippen LogP contribution in [0.25, 0.3) is 0 Å². The van der Waals surface area contributed by atoms with E-state index in [2.05, 4.69) is 15.6 Å². The molecule has 0 aliphatic rings. The summed E-state index contributed by atoms with van der Waals surface area (Å²) < 4.78 is 22.8. The molecule has 1 aromatic carbocycles. The minimum Gasteiger partial charge on any atom is -0.348 e. The molecule has 23 heavy (non-hydrogen) atoms. The highest BCUT2D eigenvalue weighted by Crippen LogP contribution is 2.22. The number of amides is 1. The second-order valence-corrected chi connectivity index (χ2v) is 8.12. The fourth-order valence-electron chi connectivity index (χ4n) is 1.74. The number of hydrogen-bond donors (Lipinski definition) is 2. The first-order chi connectivity index (χ1) is 10.8. The number of carbonyl (C=O) groups is 1. The van der Waals surface area contributed by atoms with E-state index in [1.54, 1.807) is 17.5 Å². The largest absolute Gasteiger partial charge is 0.348 e. The van der Waals surface area contributed by atoms with Crippen molar-refractivity contribution in [2.45, 2.75) is 31.2 Å².